The molecule has 2 rings (SSSR count). The maximum atomic E-state index is 11.6. The number of carbonyl (C=O) groups excluding carboxylic acids is 1. The SMILES string of the molecule is CCOC(=O)CN1CCN(c2ccccc2OC)C[C@H]1C. The molecular formula is C16H24N2O3. The molecule has 0 bridgehead atoms. The molecule has 0 unspecified atom stereocenters. The second-order valence-corrected chi connectivity index (χ2v) is 5.24. The Hall–Kier alpha value is -1.75. The molecule has 1 aromatic carbocycles. The highest BCUT2D eigenvalue weighted by atomic mass is 16.5. The van der Waals surface area contributed by atoms with Crippen molar-refractivity contribution in [1.29, 1.82) is 0 Å². The van der Waals surface area contributed by atoms with Gasteiger partial charge in [0, 0.05) is 25.7 Å². The monoisotopic (exact) mass is 292 g/mol. The van der Waals surface area contributed by atoms with Gasteiger partial charge in [0.05, 0.1) is 25.9 Å². The van der Waals surface area contributed by atoms with E-state index in [4.69, 9.17) is 9.47 Å². The Labute approximate surface area is 126 Å². The lowest BCUT2D eigenvalue weighted by atomic mass is 10.1. The van der Waals surface area contributed by atoms with Gasteiger partial charge in [-0.05, 0) is 26.0 Å². The van der Waals surface area contributed by atoms with Gasteiger partial charge < -0.3 is 14.4 Å². The summed E-state index contributed by atoms with van der Waals surface area (Å²) in [5.74, 6) is 0.749. The Morgan fingerprint density at radius 3 is 2.76 bits per heavy atom. The third-order valence-electron chi connectivity index (χ3n) is 3.83. The highest BCUT2D eigenvalue weighted by Gasteiger charge is 2.26. The number of methoxy groups -OCH3 is 1. The lowest BCUT2D eigenvalue weighted by Gasteiger charge is -2.40. The van der Waals surface area contributed by atoms with Gasteiger partial charge in [-0.3, -0.25) is 9.69 Å². The van der Waals surface area contributed by atoms with Crippen molar-refractivity contribution in [1.82, 2.24) is 4.90 Å². The van der Waals surface area contributed by atoms with E-state index in [1.54, 1.807) is 7.11 Å². The number of piperazine rings is 1. The first kappa shape index (κ1) is 15.6. The van der Waals surface area contributed by atoms with E-state index in [9.17, 15) is 4.79 Å². The van der Waals surface area contributed by atoms with Gasteiger partial charge in [-0.1, -0.05) is 12.1 Å². The average Bonchev–Trinajstić information content (AvgIpc) is 2.49. The number of benzene rings is 1. The minimum Gasteiger partial charge on any atom is -0.495 e. The van der Waals surface area contributed by atoms with Crippen LogP contribution in [0.5, 0.6) is 5.75 Å². The summed E-state index contributed by atoms with van der Waals surface area (Å²) in [6, 6.07) is 8.35. The molecule has 1 aromatic rings. The maximum absolute atomic E-state index is 11.6. The van der Waals surface area contributed by atoms with Crippen LogP contribution < -0.4 is 9.64 Å². The summed E-state index contributed by atoms with van der Waals surface area (Å²) >= 11 is 0. The van der Waals surface area contributed by atoms with Crippen molar-refractivity contribution in [3.05, 3.63) is 24.3 Å². The maximum Gasteiger partial charge on any atom is 0.320 e. The zero-order chi connectivity index (χ0) is 15.2. The van der Waals surface area contributed by atoms with Crippen LogP contribution in [0.1, 0.15) is 13.8 Å². The van der Waals surface area contributed by atoms with E-state index < -0.39 is 0 Å². The molecule has 0 saturated carbocycles. The normalized spacial score (nSPS) is 19.4. The van der Waals surface area contributed by atoms with Gasteiger partial charge in [0.2, 0.25) is 0 Å². The van der Waals surface area contributed by atoms with E-state index in [0.717, 1.165) is 31.1 Å². The van der Waals surface area contributed by atoms with Crippen LogP contribution in [-0.4, -0.2) is 56.8 Å². The molecule has 1 aliphatic rings. The summed E-state index contributed by atoms with van der Waals surface area (Å²) in [6.07, 6.45) is 0. The van der Waals surface area contributed by atoms with Crippen molar-refractivity contribution >= 4 is 11.7 Å². The number of hydrogen-bond donors (Lipinski definition) is 0. The molecule has 1 heterocycles. The van der Waals surface area contributed by atoms with E-state index in [1.165, 1.54) is 0 Å². The van der Waals surface area contributed by atoms with Crippen molar-refractivity contribution in [3.63, 3.8) is 0 Å². The van der Waals surface area contributed by atoms with Crippen LogP contribution in [0.4, 0.5) is 5.69 Å². The molecular weight excluding hydrogens is 268 g/mol. The summed E-state index contributed by atoms with van der Waals surface area (Å²) in [5, 5.41) is 0. The molecule has 5 heteroatoms. The number of nitrogens with zero attached hydrogens (tertiary/aromatic N) is 2. The number of ether oxygens (including phenoxy) is 2. The number of para-hydroxylation sites is 2. The molecule has 0 aliphatic carbocycles. The Morgan fingerprint density at radius 1 is 1.33 bits per heavy atom. The molecule has 116 valence electrons. The minimum absolute atomic E-state index is 0.143. The summed E-state index contributed by atoms with van der Waals surface area (Å²) < 4.78 is 10.5. The number of esters is 1. The van der Waals surface area contributed by atoms with Crippen molar-refractivity contribution < 1.29 is 14.3 Å². The fraction of sp³-hybridized carbons (Fsp3) is 0.562. The first-order valence-electron chi connectivity index (χ1n) is 7.43. The minimum atomic E-state index is -0.143. The fourth-order valence-corrected chi connectivity index (χ4v) is 2.71. The molecule has 0 spiro atoms. The number of rotatable bonds is 5. The summed E-state index contributed by atoms with van der Waals surface area (Å²) in [5.41, 5.74) is 1.11. The number of anilines is 1. The molecule has 1 aliphatic heterocycles. The van der Waals surface area contributed by atoms with Crippen LogP contribution in [0.2, 0.25) is 0 Å². The summed E-state index contributed by atoms with van der Waals surface area (Å²) in [4.78, 5) is 16.1. The highest BCUT2D eigenvalue weighted by Crippen LogP contribution is 2.29. The van der Waals surface area contributed by atoms with Crippen LogP contribution in [-0.2, 0) is 9.53 Å². The standard InChI is InChI=1S/C16H24N2O3/c1-4-21-16(19)12-17-9-10-18(11-13(17)2)14-7-5-6-8-15(14)20-3/h5-8,13H,4,9-12H2,1-3H3/t13-/m1/s1. The zero-order valence-corrected chi connectivity index (χ0v) is 13.0. The molecule has 0 aromatic heterocycles. The van der Waals surface area contributed by atoms with Crippen molar-refractivity contribution in [2.45, 2.75) is 19.9 Å². The van der Waals surface area contributed by atoms with Crippen LogP contribution >= 0.6 is 0 Å². The van der Waals surface area contributed by atoms with E-state index in [-0.39, 0.29) is 5.97 Å². The Balaban J connectivity index is 1.98. The van der Waals surface area contributed by atoms with Gasteiger partial charge in [0.1, 0.15) is 5.75 Å². The zero-order valence-electron chi connectivity index (χ0n) is 13.0. The van der Waals surface area contributed by atoms with E-state index in [1.807, 2.05) is 25.1 Å². The fourth-order valence-electron chi connectivity index (χ4n) is 2.71. The van der Waals surface area contributed by atoms with Crippen LogP contribution in [0.3, 0.4) is 0 Å². The second-order valence-electron chi connectivity index (χ2n) is 5.24. The molecule has 0 radical (unpaired) electrons. The first-order chi connectivity index (χ1) is 10.2. The molecule has 1 saturated heterocycles. The van der Waals surface area contributed by atoms with Gasteiger partial charge >= 0.3 is 5.97 Å². The molecule has 5 nitrogen and oxygen atoms in total. The molecule has 0 N–H and O–H groups in total. The Kier molecular flexibility index (Phi) is 5.44. The van der Waals surface area contributed by atoms with Gasteiger partial charge in [0.15, 0.2) is 0 Å². The molecule has 0 amide bonds. The predicted octanol–water partition coefficient (Wildman–Crippen LogP) is 1.77. The second kappa shape index (κ2) is 7.31. The van der Waals surface area contributed by atoms with E-state index in [0.29, 0.717) is 19.2 Å². The third kappa shape index (κ3) is 3.88. The van der Waals surface area contributed by atoms with Crippen molar-refractivity contribution in [3.8, 4) is 5.75 Å². The van der Waals surface area contributed by atoms with Gasteiger partial charge in [-0.2, -0.15) is 0 Å². The third-order valence-corrected chi connectivity index (χ3v) is 3.83. The van der Waals surface area contributed by atoms with Crippen LogP contribution in [0.25, 0.3) is 0 Å². The highest BCUT2D eigenvalue weighted by molar-refractivity contribution is 5.71. The van der Waals surface area contributed by atoms with Gasteiger partial charge in [0.25, 0.3) is 0 Å². The predicted molar refractivity (Wildman–Crippen MR) is 82.9 cm³/mol. The van der Waals surface area contributed by atoms with E-state index >= 15 is 0 Å². The van der Waals surface area contributed by atoms with Crippen LogP contribution in [0, 0.1) is 0 Å². The van der Waals surface area contributed by atoms with Gasteiger partial charge in [-0.25, -0.2) is 0 Å². The average molecular weight is 292 g/mol. The lowest BCUT2D eigenvalue weighted by Crippen LogP contribution is -2.53. The molecule has 1 fully saturated rings. The number of carbonyl (C=O) groups is 1. The number of hydrogen-bond acceptors (Lipinski definition) is 5. The topological polar surface area (TPSA) is 42.0 Å². The van der Waals surface area contributed by atoms with E-state index in [2.05, 4.69) is 22.8 Å². The Morgan fingerprint density at radius 2 is 2.10 bits per heavy atom. The molecule has 21 heavy (non-hydrogen) atoms. The lowest BCUT2D eigenvalue weighted by molar-refractivity contribution is -0.145. The quantitative estimate of drug-likeness (QED) is 0.774. The van der Waals surface area contributed by atoms with Crippen molar-refractivity contribution in [2.24, 2.45) is 0 Å². The smallest absolute Gasteiger partial charge is 0.320 e. The first-order valence-corrected chi connectivity index (χ1v) is 7.43. The van der Waals surface area contributed by atoms with Gasteiger partial charge in [-0.15, -0.1) is 0 Å². The largest absolute Gasteiger partial charge is 0.495 e. The summed E-state index contributed by atoms with van der Waals surface area (Å²) in [7, 11) is 1.69. The van der Waals surface area contributed by atoms with Crippen LogP contribution in [0.15, 0.2) is 24.3 Å². The molecule has 1 atom stereocenters. The Bertz CT molecular complexity index is 478. The van der Waals surface area contributed by atoms with Crippen molar-refractivity contribution in [2.75, 3.05) is 44.8 Å². The summed E-state index contributed by atoms with van der Waals surface area (Å²) in [6.45, 7) is 7.38.